The van der Waals surface area contributed by atoms with Crippen molar-refractivity contribution in [3.8, 4) is 0 Å². The number of carbonyl (C=O) groups is 2. The van der Waals surface area contributed by atoms with E-state index in [1.165, 1.54) is 0 Å². The average molecular weight is 406 g/mol. The molecule has 1 aliphatic heterocycles. The zero-order chi connectivity index (χ0) is 21.1. The molecule has 2 amide bonds. The Hall–Kier alpha value is -2.66. The molecule has 4 rings (SSSR count). The van der Waals surface area contributed by atoms with Crippen molar-refractivity contribution in [3.05, 3.63) is 65.2 Å². The van der Waals surface area contributed by atoms with E-state index >= 15 is 0 Å². The standard InChI is InChI=1S/C25H31N3O2/c1-19-8-6-9-20(2)23(19)26-22(29)18-27-14-16-28(17-15-27)24(30)25(12-7-13-25)21-10-4-3-5-11-21/h3-6,8-11H,7,12-18H2,1-2H3,(H,26,29). The van der Waals surface area contributed by atoms with Crippen LogP contribution >= 0.6 is 0 Å². The molecule has 2 aliphatic rings. The number of nitrogens with zero attached hydrogens (tertiary/aromatic N) is 2. The van der Waals surface area contributed by atoms with Gasteiger partial charge in [0.25, 0.3) is 0 Å². The minimum Gasteiger partial charge on any atom is -0.339 e. The maximum Gasteiger partial charge on any atom is 0.238 e. The van der Waals surface area contributed by atoms with Crippen LogP contribution in [0.5, 0.6) is 0 Å². The van der Waals surface area contributed by atoms with Gasteiger partial charge in [0.15, 0.2) is 0 Å². The molecular weight excluding hydrogens is 374 g/mol. The quantitative estimate of drug-likeness (QED) is 0.828. The van der Waals surface area contributed by atoms with Crippen LogP contribution in [0, 0.1) is 13.8 Å². The fraction of sp³-hybridized carbons (Fsp3) is 0.440. The largest absolute Gasteiger partial charge is 0.339 e. The van der Waals surface area contributed by atoms with E-state index in [1.807, 2.05) is 55.1 Å². The highest BCUT2D eigenvalue weighted by Crippen LogP contribution is 2.45. The second kappa shape index (κ2) is 8.60. The molecule has 1 saturated heterocycles. The molecule has 0 aromatic heterocycles. The summed E-state index contributed by atoms with van der Waals surface area (Å²) in [5, 5.41) is 3.06. The van der Waals surface area contributed by atoms with Gasteiger partial charge in [0.1, 0.15) is 0 Å². The fourth-order valence-corrected chi connectivity index (χ4v) is 4.72. The van der Waals surface area contributed by atoms with E-state index in [4.69, 9.17) is 0 Å². The molecule has 30 heavy (non-hydrogen) atoms. The number of piperazine rings is 1. The smallest absolute Gasteiger partial charge is 0.238 e. The van der Waals surface area contributed by atoms with Crippen LogP contribution in [0.2, 0.25) is 0 Å². The second-order valence-corrected chi connectivity index (χ2v) is 8.69. The molecule has 2 aromatic carbocycles. The molecule has 2 aromatic rings. The highest BCUT2D eigenvalue weighted by atomic mass is 16.2. The molecule has 1 saturated carbocycles. The number of hydrogen-bond acceptors (Lipinski definition) is 3. The van der Waals surface area contributed by atoms with E-state index in [2.05, 4.69) is 22.3 Å². The first-order chi connectivity index (χ1) is 14.5. The third-order valence-electron chi connectivity index (χ3n) is 6.72. The van der Waals surface area contributed by atoms with Crippen LogP contribution in [0.3, 0.4) is 0 Å². The van der Waals surface area contributed by atoms with Crippen LogP contribution in [0.4, 0.5) is 5.69 Å². The Labute approximate surface area is 179 Å². The third kappa shape index (κ3) is 3.99. The van der Waals surface area contributed by atoms with Crippen molar-refractivity contribution in [1.29, 1.82) is 0 Å². The Bertz CT molecular complexity index is 893. The van der Waals surface area contributed by atoms with Crippen molar-refractivity contribution in [3.63, 3.8) is 0 Å². The molecular formula is C25H31N3O2. The van der Waals surface area contributed by atoms with Gasteiger partial charge in [-0.15, -0.1) is 0 Å². The molecule has 5 nitrogen and oxygen atoms in total. The minimum atomic E-state index is -0.330. The lowest BCUT2D eigenvalue weighted by atomic mass is 9.63. The van der Waals surface area contributed by atoms with E-state index in [-0.39, 0.29) is 17.2 Å². The SMILES string of the molecule is Cc1cccc(C)c1NC(=O)CN1CCN(C(=O)C2(c3ccccc3)CCC2)CC1. The third-order valence-corrected chi connectivity index (χ3v) is 6.72. The Morgan fingerprint density at radius 3 is 2.10 bits per heavy atom. The topological polar surface area (TPSA) is 52.7 Å². The van der Waals surface area contributed by atoms with Crippen LogP contribution in [-0.4, -0.2) is 54.3 Å². The van der Waals surface area contributed by atoms with Crippen LogP contribution in [0.15, 0.2) is 48.5 Å². The van der Waals surface area contributed by atoms with Crippen molar-refractivity contribution in [2.24, 2.45) is 0 Å². The van der Waals surface area contributed by atoms with Crippen molar-refractivity contribution in [2.45, 2.75) is 38.5 Å². The minimum absolute atomic E-state index is 0.00641. The van der Waals surface area contributed by atoms with Crippen molar-refractivity contribution in [1.82, 2.24) is 9.80 Å². The molecule has 2 fully saturated rings. The number of rotatable bonds is 5. The van der Waals surface area contributed by atoms with Crippen LogP contribution in [0.25, 0.3) is 0 Å². The first kappa shape index (κ1) is 20.6. The first-order valence-corrected chi connectivity index (χ1v) is 10.9. The van der Waals surface area contributed by atoms with Gasteiger partial charge in [-0.1, -0.05) is 55.0 Å². The molecule has 5 heteroatoms. The second-order valence-electron chi connectivity index (χ2n) is 8.69. The van der Waals surface area contributed by atoms with E-state index in [0.717, 1.165) is 54.7 Å². The van der Waals surface area contributed by atoms with Crippen molar-refractivity contribution in [2.75, 3.05) is 38.0 Å². The number of nitrogens with one attached hydrogen (secondary N) is 1. The maximum absolute atomic E-state index is 13.4. The predicted octanol–water partition coefficient (Wildman–Crippen LogP) is 3.51. The van der Waals surface area contributed by atoms with E-state index in [1.54, 1.807) is 0 Å². The van der Waals surface area contributed by atoms with Crippen LogP contribution < -0.4 is 5.32 Å². The Morgan fingerprint density at radius 2 is 1.53 bits per heavy atom. The summed E-state index contributed by atoms with van der Waals surface area (Å²) in [5.74, 6) is 0.270. The molecule has 1 aliphatic carbocycles. The maximum atomic E-state index is 13.4. The van der Waals surface area contributed by atoms with Gasteiger partial charge >= 0.3 is 0 Å². The van der Waals surface area contributed by atoms with Gasteiger partial charge in [0.2, 0.25) is 11.8 Å². The Kier molecular flexibility index (Phi) is 5.91. The number of aryl methyl sites for hydroxylation is 2. The first-order valence-electron chi connectivity index (χ1n) is 10.9. The van der Waals surface area contributed by atoms with Crippen LogP contribution in [-0.2, 0) is 15.0 Å². The lowest BCUT2D eigenvalue weighted by molar-refractivity contribution is -0.142. The van der Waals surface area contributed by atoms with Gasteiger partial charge in [-0.05, 0) is 43.4 Å². The summed E-state index contributed by atoms with van der Waals surface area (Å²) >= 11 is 0. The summed E-state index contributed by atoms with van der Waals surface area (Å²) in [7, 11) is 0. The Morgan fingerprint density at radius 1 is 0.900 bits per heavy atom. The molecule has 0 spiro atoms. The molecule has 1 heterocycles. The van der Waals surface area contributed by atoms with Gasteiger partial charge in [-0.3, -0.25) is 14.5 Å². The van der Waals surface area contributed by atoms with Gasteiger partial charge < -0.3 is 10.2 Å². The number of anilines is 1. The summed E-state index contributed by atoms with van der Waals surface area (Å²) in [6.45, 7) is 7.22. The van der Waals surface area contributed by atoms with Gasteiger partial charge in [-0.25, -0.2) is 0 Å². The van der Waals surface area contributed by atoms with Crippen molar-refractivity contribution < 1.29 is 9.59 Å². The summed E-state index contributed by atoms with van der Waals surface area (Å²) < 4.78 is 0. The predicted molar refractivity (Wildman–Crippen MR) is 120 cm³/mol. The van der Waals surface area contributed by atoms with E-state index in [9.17, 15) is 9.59 Å². The normalized spacial score (nSPS) is 18.5. The van der Waals surface area contributed by atoms with E-state index in [0.29, 0.717) is 19.6 Å². The number of hydrogen-bond donors (Lipinski definition) is 1. The van der Waals surface area contributed by atoms with Crippen molar-refractivity contribution >= 4 is 17.5 Å². The molecule has 158 valence electrons. The number of para-hydroxylation sites is 1. The monoisotopic (exact) mass is 405 g/mol. The fourth-order valence-electron chi connectivity index (χ4n) is 4.72. The number of amides is 2. The van der Waals surface area contributed by atoms with E-state index < -0.39 is 0 Å². The molecule has 1 N–H and O–H groups in total. The van der Waals surface area contributed by atoms with Crippen LogP contribution in [0.1, 0.15) is 36.0 Å². The zero-order valence-electron chi connectivity index (χ0n) is 18.0. The lowest BCUT2D eigenvalue weighted by Crippen LogP contribution is -2.57. The summed E-state index contributed by atoms with van der Waals surface area (Å²) in [5.41, 5.74) is 3.88. The molecule has 0 radical (unpaired) electrons. The van der Waals surface area contributed by atoms with Gasteiger partial charge in [0.05, 0.1) is 12.0 Å². The van der Waals surface area contributed by atoms with Gasteiger partial charge in [-0.2, -0.15) is 0 Å². The zero-order valence-corrected chi connectivity index (χ0v) is 18.0. The van der Waals surface area contributed by atoms with Gasteiger partial charge in [0, 0.05) is 31.9 Å². The highest BCUT2D eigenvalue weighted by molar-refractivity contribution is 5.94. The highest BCUT2D eigenvalue weighted by Gasteiger charge is 2.47. The lowest BCUT2D eigenvalue weighted by Gasteiger charge is -2.46. The Balaban J connectivity index is 1.33. The summed E-state index contributed by atoms with van der Waals surface area (Å²) in [4.78, 5) is 30.1. The summed E-state index contributed by atoms with van der Waals surface area (Å²) in [6, 6.07) is 16.2. The summed E-state index contributed by atoms with van der Waals surface area (Å²) in [6.07, 6.45) is 2.99. The molecule has 0 bridgehead atoms. The number of carbonyl (C=O) groups excluding carboxylic acids is 2. The average Bonchev–Trinajstić information content (AvgIpc) is 2.71. The molecule has 0 unspecified atom stereocenters. The number of benzene rings is 2. The molecule has 0 atom stereocenters.